The minimum atomic E-state index is -0.506. The van der Waals surface area contributed by atoms with Crippen LogP contribution >= 0.6 is 0 Å². The first-order valence-corrected chi connectivity index (χ1v) is 8.21. The summed E-state index contributed by atoms with van der Waals surface area (Å²) >= 11 is 0. The van der Waals surface area contributed by atoms with E-state index in [1.165, 1.54) is 0 Å². The van der Waals surface area contributed by atoms with E-state index in [0.29, 0.717) is 17.2 Å². The first-order chi connectivity index (χ1) is 11.9. The second-order valence-corrected chi connectivity index (χ2v) is 6.34. The Balaban J connectivity index is 1.85. The van der Waals surface area contributed by atoms with Gasteiger partial charge in [0.2, 0.25) is 0 Å². The van der Waals surface area contributed by atoms with Gasteiger partial charge in [-0.25, -0.2) is 4.79 Å². The summed E-state index contributed by atoms with van der Waals surface area (Å²) in [6.07, 6.45) is 0. The molecule has 1 N–H and O–H groups in total. The summed E-state index contributed by atoms with van der Waals surface area (Å²) in [5.74, 6) is -0.479. The summed E-state index contributed by atoms with van der Waals surface area (Å²) in [6, 6.07) is 14.6. The van der Waals surface area contributed by atoms with E-state index in [1.54, 1.807) is 24.3 Å². The Morgan fingerprint density at radius 3 is 2.12 bits per heavy atom. The van der Waals surface area contributed by atoms with Gasteiger partial charge >= 0.3 is 5.97 Å². The standard InChI is InChI=1S/C20H24N2O3/c1-14(2)15-5-7-16(8-6-15)20(24)25-13-19(23)21-17-9-11-18(12-10-17)22(3)4/h5-12,14H,13H2,1-4H3,(H,21,23). The second-order valence-electron chi connectivity index (χ2n) is 6.34. The Kier molecular flexibility index (Phi) is 6.17. The fraction of sp³-hybridized carbons (Fsp3) is 0.300. The molecule has 0 fully saturated rings. The monoisotopic (exact) mass is 340 g/mol. The maximum absolute atomic E-state index is 12.0. The van der Waals surface area contributed by atoms with Crippen molar-refractivity contribution < 1.29 is 14.3 Å². The minimum Gasteiger partial charge on any atom is -0.452 e. The van der Waals surface area contributed by atoms with Crippen LogP contribution in [0.15, 0.2) is 48.5 Å². The molecule has 0 atom stereocenters. The fourth-order valence-corrected chi connectivity index (χ4v) is 2.26. The average Bonchev–Trinajstić information content (AvgIpc) is 2.60. The van der Waals surface area contributed by atoms with E-state index >= 15 is 0 Å². The van der Waals surface area contributed by atoms with Crippen LogP contribution in [0, 0.1) is 0 Å². The lowest BCUT2D eigenvalue weighted by atomic mass is 10.0. The van der Waals surface area contributed by atoms with Gasteiger partial charge in [0.15, 0.2) is 6.61 Å². The Labute approximate surface area is 148 Å². The van der Waals surface area contributed by atoms with Crippen LogP contribution in [0.3, 0.4) is 0 Å². The molecule has 2 rings (SSSR count). The lowest BCUT2D eigenvalue weighted by molar-refractivity contribution is -0.119. The molecule has 0 radical (unpaired) electrons. The lowest BCUT2D eigenvalue weighted by Gasteiger charge is -2.13. The molecule has 0 bridgehead atoms. The van der Waals surface area contributed by atoms with Gasteiger partial charge in [-0.15, -0.1) is 0 Å². The highest BCUT2D eigenvalue weighted by Gasteiger charge is 2.11. The van der Waals surface area contributed by atoms with Gasteiger partial charge in [0.05, 0.1) is 5.56 Å². The van der Waals surface area contributed by atoms with Crippen LogP contribution in [0.4, 0.5) is 11.4 Å². The van der Waals surface area contributed by atoms with E-state index in [0.717, 1.165) is 11.3 Å². The predicted molar refractivity (Wildman–Crippen MR) is 100 cm³/mol. The number of rotatable bonds is 6. The molecule has 0 aliphatic rings. The van der Waals surface area contributed by atoms with Crippen LogP contribution in [0.1, 0.15) is 35.7 Å². The van der Waals surface area contributed by atoms with Crippen LogP contribution in [-0.4, -0.2) is 32.6 Å². The third-order valence-electron chi connectivity index (χ3n) is 3.81. The average molecular weight is 340 g/mol. The van der Waals surface area contributed by atoms with Crippen LogP contribution in [0.2, 0.25) is 0 Å². The maximum Gasteiger partial charge on any atom is 0.338 e. The van der Waals surface area contributed by atoms with Gasteiger partial charge in [-0.2, -0.15) is 0 Å². The van der Waals surface area contributed by atoms with Gasteiger partial charge in [0, 0.05) is 25.5 Å². The van der Waals surface area contributed by atoms with Crippen molar-refractivity contribution in [1.82, 2.24) is 0 Å². The summed E-state index contributed by atoms with van der Waals surface area (Å²) in [5, 5.41) is 2.70. The topological polar surface area (TPSA) is 58.6 Å². The highest BCUT2D eigenvalue weighted by molar-refractivity contribution is 5.95. The number of ether oxygens (including phenoxy) is 1. The summed E-state index contributed by atoms with van der Waals surface area (Å²) in [7, 11) is 3.89. The van der Waals surface area contributed by atoms with Crippen LogP contribution in [0.25, 0.3) is 0 Å². The number of nitrogens with one attached hydrogen (secondary N) is 1. The smallest absolute Gasteiger partial charge is 0.338 e. The highest BCUT2D eigenvalue weighted by atomic mass is 16.5. The molecule has 132 valence electrons. The molecule has 5 heteroatoms. The van der Waals surface area contributed by atoms with E-state index in [4.69, 9.17) is 4.74 Å². The zero-order valence-electron chi connectivity index (χ0n) is 15.1. The molecular formula is C20H24N2O3. The minimum absolute atomic E-state index is 0.319. The summed E-state index contributed by atoms with van der Waals surface area (Å²) in [6.45, 7) is 3.85. The van der Waals surface area contributed by atoms with Crippen molar-refractivity contribution in [2.24, 2.45) is 0 Å². The molecule has 0 saturated carbocycles. The molecule has 0 spiro atoms. The number of hydrogen-bond acceptors (Lipinski definition) is 4. The Morgan fingerprint density at radius 1 is 1.00 bits per heavy atom. The SMILES string of the molecule is CC(C)c1ccc(C(=O)OCC(=O)Nc2ccc(N(C)C)cc2)cc1. The summed E-state index contributed by atoms with van der Waals surface area (Å²) < 4.78 is 5.07. The molecule has 2 aromatic rings. The zero-order valence-corrected chi connectivity index (χ0v) is 15.1. The number of hydrogen-bond donors (Lipinski definition) is 1. The van der Waals surface area contributed by atoms with Crippen molar-refractivity contribution >= 4 is 23.3 Å². The molecule has 0 aromatic heterocycles. The van der Waals surface area contributed by atoms with E-state index in [1.807, 2.05) is 43.3 Å². The first kappa shape index (κ1) is 18.5. The third-order valence-corrected chi connectivity index (χ3v) is 3.81. The predicted octanol–water partition coefficient (Wildman–Crippen LogP) is 3.67. The quantitative estimate of drug-likeness (QED) is 0.815. The van der Waals surface area contributed by atoms with E-state index < -0.39 is 5.97 Å². The van der Waals surface area contributed by atoms with Gasteiger partial charge in [-0.3, -0.25) is 4.79 Å². The molecule has 0 saturated heterocycles. The normalized spacial score (nSPS) is 10.4. The van der Waals surface area contributed by atoms with Gasteiger partial charge in [0.1, 0.15) is 0 Å². The van der Waals surface area contributed by atoms with Gasteiger partial charge < -0.3 is 15.0 Å². The van der Waals surface area contributed by atoms with Crippen molar-refractivity contribution in [2.75, 3.05) is 30.9 Å². The molecular weight excluding hydrogens is 316 g/mol. The van der Waals surface area contributed by atoms with Crippen LogP contribution < -0.4 is 10.2 Å². The Hall–Kier alpha value is -2.82. The van der Waals surface area contributed by atoms with Crippen molar-refractivity contribution in [1.29, 1.82) is 0 Å². The molecule has 1 amide bonds. The van der Waals surface area contributed by atoms with Crippen molar-refractivity contribution in [3.8, 4) is 0 Å². The molecule has 0 unspecified atom stereocenters. The molecule has 2 aromatic carbocycles. The molecule has 0 heterocycles. The van der Waals surface area contributed by atoms with Crippen LogP contribution in [-0.2, 0) is 9.53 Å². The van der Waals surface area contributed by atoms with Gasteiger partial charge in [-0.05, 0) is 47.9 Å². The van der Waals surface area contributed by atoms with E-state index in [9.17, 15) is 9.59 Å². The van der Waals surface area contributed by atoms with Crippen molar-refractivity contribution in [3.05, 3.63) is 59.7 Å². The maximum atomic E-state index is 12.0. The number of nitrogens with zero attached hydrogens (tertiary/aromatic N) is 1. The molecule has 25 heavy (non-hydrogen) atoms. The number of anilines is 2. The van der Waals surface area contributed by atoms with Gasteiger partial charge in [0.25, 0.3) is 5.91 Å². The molecule has 0 aliphatic carbocycles. The molecule has 0 aliphatic heterocycles. The first-order valence-electron chi connectivity index (χ1n) is 8.21. The van der Waals surface area contributed by atoms with E-state index in [2.05, 4.69) is 19.2 Å². The largest absolute Gasteiger partial charge is 0.452 e. The fourth-order valence-electron chi connectivity index (χ4n) is 2.26. The lowest BCUT2D eigenvalue weighted by Crippen LogP contribution is -2.21. The molecule has 5 nitrogen and oxygen atoms in total. The van der Waals surface area contributed by atoms with Crippen molar-refractivity contribution in [2.45, 2.75) is 19.8 Å². The number of benzene rings is 2. The van der Waals surface area contributed by atoms with E-state index in [-0.39, 0.29) is 12.5 Å². The van der Waals surface area contributed by atoms with Crippen molar-refractivity contribution in [3.63, 3.8) is 0 Å². The highest BCUT2D eigenvalue weighted by Crippen LogP contribution is 2.16. The number of carbonyl (C=O) groups excluding carboxylic acids is 2. The Morgan fingerprint density at radius 2 is 1.60 bits per heavy atom. The zero-order chi connectivity index (χ0) is 18.4. The van der Waals surface area contributed by atoms with Crippen LogP contribution in [0.5, 0.6) is 0 Å². The Bertz CT molecular complexity index is 720. The summed E-state index contributed by atoms with van der Waals surface area (Å²) in [5.41, 5.74) is 3.28. The van der Waals surface area contributed by atoms with Gasteiger partial charge in [-0.1, -0.05) is 26.0 Å². The number of carbonyl (C=O) groups is 2. The number of esters is 1. The summed E-state index contributed by atoms with van der Waals surface area (Å²) in [4.78, 5) is 25.9. The third kappa shape index (κ3) is 5.35. The second kappa shape index (κ2) is 8.33. The number of amides is 1.